The average Bonchev–Trinajstić information content (AvgIpc) is 3.11. The van der Waals surface area contributed by atoms with E-state index in [9.17, 15) is 4.79 Å². The molecule has 0 fully saturated rings. The van der Waals surface area contributed by atoms with Crippen molar-refractivity contribution in [3.8, 4) is 11.6 Å². The number of carbonyl (C=O) groups excluding carboxylic acids is 1. The second-order valence-electron chi connectivity index (χ2n) is 5.76. The van der Waals surface area contributed by atoms with Crippen LogP contribution in [0.5, 0.6) is 5.88 Å². The summed E-state index contributed by atoms with van der Waals surface area (Å²) >= 11 is 12.2. The van der Waals surface area contributed by atoms with Crippen LogP contribution in [0.4, 0.5) is 0 Å². The largest absolute Gasteiger partial charge is 0.471 e. The summed E-state index contributed by atoms with van der Waals surface area (Å²) in [7, 11) is 2.63. The van der Waals surface area contributed by atoms with E-state index in [1.54, 1.807) is 41.2 Å². The predicted octanol–water partition coefficient (Wildman–Crippen LogP) is 4.28. The Morgan fingerprint density at radius 3 is 2.52 bits per heavy atom. The molecule has 29 heavy (non-hydrogen) atoms. The van der Waals surface area contributed by atoms with Crippen LogP contribution in [0, 0.1) is 0 Å². The normalized spacial score (nSPS) is 11.2. The van der Waals surface area contributed by atoms with Gasteiger partial charge in [-0.15, -0.1) is 5.10 Å². The molecule has 9 heteroatoms. The Balaban J connectivity index is 1.83. The van der Waals surface area contributed by atoms with E-state index >= 15 is 0 Å². The summed E-state index contributed by atoms with van der Waals surface area (Å²) in [6.45, 7) is 0.104. The van der Waals surface area contributed by atoms with Crippen molar-refractivity contribution >= 4 is 34.9 Å². The predicted molar refractivity (Wildman–Crippen MR) is 110 cm³/mol. The molecule has 3 rings (SSSR count). The molecule has 0 amide bonds. The third-order valence-electron chi connectivity index (χ3n) is 3.93. The van der Waals surface area contributed by atoms with Crippen LogP contribution in [0.3, 0.4) is 0 Å². The van der Waals surface area contributed by atoms with Crippen molar-refractivity contribution in [2.45, 2.75) is 6.61 Å². The number of ether oxygens (including phenoxy) is 2. The maximum atomic E-state index is 12.0. The van der Waals surface area contributed by atoms with E-state index in [4.69, 9.17) is 37.5 Å². The van der Waals surface area contributed by atoms with Crippen molar-refractivity contribution in [3.05, 3.63) is 75.9 Å². The SMILES string of the molecule is CON=C(C(=O)OC)c1ccccc1COc1nn(-c2ccc(Cl)cc2)cc1Cl. The summed E-state index contributed by atoms with van der Waals surface area (Å²) in [6, 6.07) is 14.3. The number of benzene rings is 2. The maximum Gasteiger partial charge on any atom is 0.360 e. The van der Waals surface area contributed by atoms with E-state index in [1.807, 2.05) is 18.2 Å². The van der Waals surface area contributed by atoms with Crippen molar-refractivity contribution in [2.24, 2.45) is 5.16 Å². The molecular formula is C20H17Cl2N3O4. The van der Waals surface area contributed by atoms with E-state index in [0.717, 1.165) is 5.69 Å². The van der Waals surface area contributed by atoms with E-state index in [-0.39, 0.29) is 18.2 Å². The standard InChI is InChI=1S/C20H17Cl2N3O4/c1-27-20(26)18(24-28-2)16-6-4-3-5-13(16)12-29-19-17(22)11-25(23-19)15-9-7-14(21)8-10-15/h3-11H,12H2,1-2H3. The second-order valence-corrected chi connectivity index (χ2v) is 6.61. The third kappa shape index (κ3) is 4.88. The summed E-state index contributed by atoms with van der Waals surface area (Å²) in [5.41, 5.74) is 2.03. The molecule has 2 aromatic carbocycles. The number of rotatable bonds is 7. The number of oxime groups is 1. The van der Waals surface area contributed by atoms with Gasteiger partial charge in [0.1, 0.15) is 18.7 Å². The van der Waals surface area contributed by atoms with Gasteiger partial charge in [-0.25, -0.2) is 9.48 Å². The first-order valence-electron chi connectivity index (χ1n) is 8.45. The first-order chi connectivity index (χ1) is 14.0. The van der Waals surface area contributed by atoms with Gasteiger partial charge in [-0.2, -0.15) is 0 Å². The van der Waals surface area contributed by atoms with Gasteiger partial charge in [0.05, 0.1) is 19.0 Å². The number of hydrogen-bond acceptors (Lipinski definition) is 6. The molecule has 0 N–H and O–H groups in total. The van der Waals surface area contributed by atoms with Crippen LogP contribution in [0.1, 0.15) is 11.1 Å². The Morgan fingerprint density at radius 2 is 1.83 bits per heavy atom. The minimum absolute atomic E-state index is 0.0343. The van der Waals surface area contributed by atoms with Gasteiger partial charge >= 0.3 is 5.97 Å². The van der Waals surface area contributed by atoms with Crippen molar-refractivity contribution < 1.29 is 19.1 Å². The molecule has 1 aromatic heterocycles. The molecular weight excluding hydrogens is 417 g/mol. The van der Waals surface area contributed by atoms with Gasteiger partial charge in [-0.1, -0.05) is 52.6 Å². The van der Waals surface area contributed by atoms with Crippen molar-refractivity contribution in [3.63, 3.8) is 0 Å². The Bertz CT molecular complexity index is 1030. The van der Waals surface area contributed by atoms with Gasteiger partial charge < -0.3 is 14.3 Å². The van der Waals surface area contributed by atoms with Crippen LogP contribution in [0.15, 0.2) is 59.9 Å². The average molecular weight is 434 g/mol. The van der Waals surface area contributed by atoms with Crippen LogP contribution in [-0.2, 0) is 21.0 Å². The van der Waals surface area contributed by atoms with Crippen LogP contribution < -0.4 is 4.74 Å². The second kappa shape index (κ2) is 9.45. The molecule has 3 aromatic rings. The molecule has 0 aliphatic carbocycles. The highest BCUT2D eigenvalue weighted by molar-refractivity contribution is 6.43. The number of esters is 1. The molecule has 0 saturated heterocycles. The minimum Gasteiger partial charge on any atom is -0.471 e. The van der Waals surface area contributed by atoms with Gasteiger partial charge in [0, 0.05) is 10.6 Å². The van der Waals surface area contributed by atoms with Crippen LogP contribution in [0.25, 0.3) is 5.69 Å². The monoisotopic (exact) mass is 433 g/mol. The van der Waals surface area contributed by atoms with Gasteiger partial charge in [0.15, 0.2) is 5.71 Å². The molecule has 150 valence electrons. The molecule has 0 radical (unpaired) electrons. The summed E-state index contributed by atoms with van der Waals surface area (Å²) in [5, 5.41) is 9.11. The first kappa shape index (κ1) is 20.7. The van der Waals surface area contributed by atoms with Gasteiger partial charge in [-0.05, 0) is 29.8 Å². The van der Waals surface area contributed by atoms with Gasteiger partial charge in [0.2, 0.25) is 0 Å². The van der Waals surface area contributed by atoms with Crippen molar-refractivity contribution in [2.75, 3.05) is 14.2 Å². The number of methoxy groups -OCH3 is 1. The highest BCUT2D eigenvalue weighted by Gasteiger charge is 2.20. The van der Waals surface area contributed by atoms with Crippen LogP contribution >= 0.6 is 23.2 Å². The zero-order valence-electron chi connectivity index (χ0n) is 15.6. The lowest BCUT2D eigenvalue weighted by Gasteiger charge is -2.10. The summed E-state index contributed by atoms with van der Waals surface area (Å²) < 4.78 is 12.2. The van der Waals surface area contributed by atoms with E-state index in [0.29, 0.717) is 21.2 Å². The number of nitrogens with zero attached hydrogens (tertiary/aromatic N) is 3. The highest BCUT2D eigenvalue weighted by atomic mass is 35.5. The fourth-order valence-electron chi connectivity index (χ4n) is 2.57. The highest BCUT2D eigenvalue weighted by Crippen LogP contribution is 2.26. The fourth-order valence-corrected chi connectivity index (χ4v) is 2.88. The summed E-state index contributed by atoms with van der Waals surface area (Å²) in [5.74, 6) is -0.371. The van der Waals surface area contributed by atoms with E-state index in [2.05, 4.69) is 10.3 Å². The number of halogens is 2. The molecule has 0 atom stereocenters. The Kier molecular flexibility index (Phi) is 6.74. The Labute approximate surface area is 177 Å². The molecule has 0 aliphatic heterocycles. The maximum absolute atomic E-state index is 12.0. The zero-order chi connectivity index (χ0) is 20.8. The van der Waals surface area contributed by atoms with Crippen molar-refractivity contribution in [1.29, 1.82) is 0 Å². The van der Waals surface area contributed by atoms with Crippen LogP contribution in [0.2, 0.25) is 10.0 Å². The minimum atomic E-state index is -0.621. The summed E-state index contributed by atoms with van der Waals surface area (Å²) in [6.07, 6.45) is 1.64. The van der Waals surface area contributed by atoms with Gasteiger partial charge in [-0.3, -0.25) is 0 Å². The third-order valence-corrected chi connectivity index (χ3v) is 4.44. The van der Waals surface area contributed by atoms with E-state index in [1.165, 1.54) is 14.2 Å². The molecule has 7 nitrogen and oxygen atoms in total. The molecule has 0 aliphatic rings. The Hall–Kier alpha value is -3.03. The number of aromatic nitrogens is 2. The number of carbonyl (C=O) groups is 1. The lowest BCUT2D eigenvalue weighted by Crippen LogP contribution is -2.19. The smallest absolute Gasteiger partial charge is 0.360 e. The van der Waals surface area contributed by atoms with Crippen molar-refractivity contribution in [1.82, 2.24) is 9.78 Å². The number of hydrogen-bond donors (Lipinski definition) is 0. The molecule has 0 spiro atoms. The molecule has 1 heterocycles. The topological polar surface area (TPSA) is 74.9 Å². The van der Waals surface area contributed by atoms with E-state index < -0.39 is 5.97 Å². The molecule has 0 unspecified atom stereocenters. The molecule has 0 bridgehead atoms. The van der Waals surface area contributed by atoms with Crippen LogP contribution in [-0.4, -0.2) is 35.7 Å². The molecule has 0 saturated carbocycles. The fraction of sp³-hybridized carbons (Fsp3) is 0.150. The lowest BCUT2D eigenvalue weighted by molar-refractivity contribution is -0.132. The summed E-state index contributed by atoms with van der Waals surface area (Å²) in [4.78, 5) is 16.8. The van der Waals surface area contributed by atoms with Gasteiger partial charge in [0.25, 0.3) is 5.88 Å². The lowest BCUT2D eigenvalue weighted by atomic mass is 10.0. The quantitative estimate of drug-likeness (QED) is 0.315. The zero-order valence-corrected chi connectivity index (χ0v) is 17.1. The first-order valence-corrected chi connectivity index (χ1v) is 9.20. The Morgan fingerprint density at radius 1 is 1.10 bits per heavy atom.